The molecule has 1 amide bonds. The van der Waals surface area contributed by atoms with Gasteiger partial charge in [-0.15, -0.1) is 11.3 Å². The van der Waals surface area contributed by atoms with Gasteiger partial charge in [0.1, 0.15) is 16.4 Å². The molecule has 2 aromatic heterocycles. The number of aryl methyl sites for hydroxylation is 1. The summed E-state index contributed by atoms with van der Waals surface area (Å²) in [4.78, 5) is 29.3. The van der Waals surface area contributed by atoms with Crippen molar-refractivity contribution in [2.75, 3.05) is 13.1 Å². The molecule has 2 heterocycles. The molecule has 0 spiro atoms. The van der Waals surface area contributed by atoms with Gasteiger partial charge in [0.05, 0.1) is 5.69 Å². The van der Waals surface area contributed by atoms with Crippen LogP contribution < -0.4 is 0 Å². The third-order valence-electron chi connectivity index (χ3n) is 2.75. The van der Waals surface area contributed by atoms with Crippen LogP contribution in [0.5, 0.6) is 0 Å². The highest BCUT2D eigenvalue weighted by Crippen LogP contribution is 2.30. The molecule has 0 aliphatic heterocycles. The minimum atomic E-state index is -1.01. The molecule has 2 aromatic rings. The Morgan fingerprint density at radius 1 is 1.45 bits per heavy atom. The first kappa shape index (κ1) is 14.7. The third kappa shape index (κ3) is 3.05. The number of carbonyl (C=O) groups excluding carboxylic acids is 1. The highest BCUT2D eigenvalue weighted by molar-refractivity contribution is 7.17. The van der Waals surface area contributed by atoms with Crippen LogP contribution in [0.25, 0.3) is 10.6 Å². The monoisotopic (exact) mass is 310 g/mol. The maximum Gasteiger partial charge on any atom is 0.323 e. The summed E-state index contributed by atoms with van der Waals surface area (Å²) >= 11 is 2.88. The Hall–Kier alpha value is -1.73. The fraction of sp³-hybridized carbons (Fsp3) is 0.308. The van der Waals surface area contributed by atoms with Crippen molar-refractivity contribution in [3.8, 4) is 10.6 Å². The largest absolute Gasteiger partial charge is 0.480 e. The van der Waals surface area contributed by atoms with E-state index in [4.69, 9.17) is 5.11 Å². The molecule has 0 aromatic carbocycles. The average molecular weight is 310 g/mol. The second kappa shape index (κ2) is 6.15. The molecule has 5 nitrogen and oxygen atoms in total. The lowest BCUT2D eigenvalue weighted by molar-refractivity contribution is -0.137. The average Bonchev–Trinajstić information content (AvgIpc) is 3.03. The highest BCUT2D eigenvalue weighted by Gasteiger charge is 2.22. The zero-order valence-electron chi connectivity index (χ0n) is 11.1. The van der Waals surface area contributed by atoms with Crippen LogP contribution in [0.4, 0.5) is 0 Å². The molecule has 7 heteroatoms. The second-order valence-electron chi connectivity index (χ2n) is 4.16. The zero-order valence-corrected chi connectivity index (χ0v) is 12.8. The summed E-state index contributed by atoms with van der Waals surface area (Å²) in [6, 6.07) is 1.95. The van der Waals surface area contributed by atoms with Crippen LogP contribution in [0, 0.1) is 6.92 Å². The lowest BCUT2D eigenvalue weighted by Gasteiger charge is -2.17. The van der Waals surface area contributed by atoms with Gasteiger partial charge in [-0.2, -0.15) is 11.3 Å². The van der Waals surface area contributed by atoms with Crippen LogP contribution in [0.2, 0.25) is 0 Å². The summed E-state index contributed by atoms with van der Waals surface area (Å²) in [5, 5.41) is 13.5. The zero-order chi connectivity index (χ0) is 14.7. The van der Waals surface area contributed by atoms with Crippen LogP contribution in [0.3, 0.4) is 0 Å². The van der Waals surface area contributed by atoms with Crippen LogP contribution in [-0.2, 0) is 4.79 Å². The van der Waals surface area contributed by atoms with Crippen molar-refractivity contribution in [2.45, 2.75) is 13.8 Å². The summed E-state index contributed by atoms with van der Waals surface area (Å²) in [6.07, 6.45) is 0. The van der Waals surface area contributed by atoms with E-state index in [1.807, 2.05) is 16.8 Å². The number of nitrogens with zero attached hydrogens (tertiary/aromatic N) is 2. The molecule has 0 atom stereocenters. The van der Waals surface area contributed by atoms with Crippen molar-refractivity contribution < 1.29 is 14.7 Å². The molecule has 0 saturated heterocycles. The van der Waals surface area contributed by atoms with Crippen LogP contribution in [0.1, 0.15) is 22.3 Å². The van der Waals surface area contributed by atoms with E-state index >= 15 is 0 Å². The Bertz CT molecular complexity index is 620. The number of carbonyl (C=O) groups is 2. The second-order valence-corrected chi connectivity index (χ2v) is 5.94. The summed E-state index contributed by atoms with van der Waals surface area (Å²) < 4.78 is 0. The molecule has 0 aliphatic rings. The van der Waals surface area contributed by atoms with Gasteiger partial charge in [-0.3, -0.25) is 9.59 Å². The molecule has 0 radical (unpaired) electrons. The van der Waals surface area contributed by atoms with Gasteiger partial charge in [0, 0.05) is 17.5 Å². The van der Waals surface area contributed by atoms with Gasteiger partial charge in [0.25, 0.3) is 5.91 Å². The van der Waals surface area contributed by atoms with Gasteiger partial charge in [0.15, 0.2) is 0 Å². The maximum atomic E-state index is 12.4. The standard InChI is InChI=1S/C13H14N2O3S2/c1-3-15(6-10(16)17)13(18)11-8(2)14-12(20-11)9-4-5-19-7-9/h4-5,7H,3,6H2,1-2H3,(H,16,17). The molecule has 0 fully saturated rings. The summed E-state index contributed by atoms with van der Waals surface area (Å²) in [5.41, 5.74) is 1.63. The highest BCUT2D eigenvalue weighted by atomic mass is 32.1. The number of carboxylic acid groups (broad SMARTS) is 1. The molecular formula is C13H14N2O3S2. The minimum Gasteiger partial charge on any atom is -0.480 e. The quantitative estimate of drug-likeness (QED) is 0.922. The van der Waals surface area contributed by atoms with Gasteiger partial charge in [-0.1, -0.05) is 0 Å². The van der Waals surface area contributed by atoms with Crippen molar-refractivity contribution in [1.29, 1.82) is 0 Å². The number of aliphatic carboxylic acids is 1. The van der Waals surface area contributed by atoms with Gasteiger partial charge >= 0.3 is 5.97 Å². The van der Waals surface area contributed by atoms with Crippen molar-refractivity contribution in [2.24, 2.45) is 0 Å². The molecule has 1 N–H and O–H groups in total. The number of carboxylic acids is 1. The van der Waals surface area contributed by atoms with Crippen molar-refractivity contribution in [3.63, 3.8) is 0 Å². The van der Waals surface area contributed by atoms with Crippen molar-refractivity contribution >= 4 is 34.6 Å². The van der Waals surface area contributed by atoms with E-state index in [0.717, 1.165) is 10.6 Å². The Morgan fingerprint density at radius 3 is 2.75 bits per heavy atom. The minimum absolute atomic E-state index is 0.272. The van der Waals surface area contributed by atoms with Gasteiger partial charge in [-0.05, 0) is 25.3 Å². The Balaban J connectivity index is 2.28. The fourth-order valence-electron chi connectivity index (χ4n) is 1.74. The van der Waals surface area contributed by atoms with E-state index in [-0.39, 0.29) is 12.5 Å². The first-order chi connectivity index (χ1) is 9.52. The molecule has 2 rings (SSSR count). The van der Waals surface area contributed by atoms with Gasteiger partial charge in [-0.25, -0.2) is 4.98 Å². The van der Waals surface area contributed by atoms with Crippen molar-refractivity contribution in [3.05, 3.63) is 27.4 Å². The molecule has 0 saturated carbocycles. The van der Waals surface area contributed by atoms with E-state index in [2.05, 4.69) is 4.98 Å². The maximum absolute atomic E-state index is 12.4. The number of hydrogen-bond acceptors (Lipinski definition) is 5. The smallest absolute Gasteiger partial charge is 0.323 e. The van der Waals surface area contributed by atoms with Crippen molar-refractivity contribution in [1.82, 2.24) is 9.88 Å². The van der Waals surface area contributed by atoms with E-state index in [9.17, 15) is 9.59 Å². The predicted octanol–water partition coefficient (Wildman–Crippen LogP) is 2.73. The first-order valence-corrected chi connectivity index (χ1v) is 7.80. The number of thiophene rings is 1. The molecule has 106 valence electrons. The number of amides is 1. The SMILES string of the molecule is CCN(CC(=O)O)C(=O)c1sc(-c2ccsc2)nc1C. The number of hydrogen-bond donors (Lipinski definition) is 1. The normalized spacial score (nSPS) is 10.5. The molecular weight excluding hydrogens is 296 g/mol. The number of likely N-dealkylation sites (N-methyl/N-ethyl adjacent to an activating group) is 1. The van der Waals surface area contributed by atoms with Gasteiger partial charge in [0.2, 0.25) is 0 Å². The van der Waals surface area contributed by atoms with Gasteiger partial charge < -0.3 is 10.0 Å². The third-order valence-corrected chi connectivity index (χ3v) is 4.63. The van der Waals surface area contributed by atoms with E-state index in [1.165, 1.54) is 16.2 Å². The number of aromatic nitrogens is 1. The summed E-state index contributed by atoms with van der Waals surface area (Å²) in [7, 11) is 0. The molecule has 0 unspecified atom stereocenters. The van der Waals surface area contributed by atoms with Crippen LogP contribution in [0.15, 0.2) is 16.8 Å². The number of thiazole rings is 1. The number of rotatable bonds is 5. The Kier molecular flexibility index (Phi) is 4.51. The Morgan fingerprint density at radius 2 is 2.20 bits per heavy atom. The molecule has 0 bridgehead atoms. The topological polar surface area (TPSA) is 70.5 Å². The lowest BCUT2D eigenvalue weighted by atomic mass is 10.3. The van der Waals surface area contributed by atoms with E-state index in [1.54, 1.807) is 25.2 Å². The van der Waals surface area contributed by atoms with Crippen LogP contribution >= 0.6 is 22.7 Å². The fourth-order valence-corrected chi connectivity index (χ4v) is 3.48. The predicted molar refractivity (Wildman–Crippen MR) is 79.4 cm³/mol. The first-order valence-electron chi connectivity index (χ1n) is 6.04. The molecule has 20 heavy (non-hydrogen) atoms. The van der Waals surface area contributed by atoms with E-state index < -0.39 is 5.97 Å². The summed E-state index contributed by atoms with van der Waals surface area (Å²) in [5.74, 6) is -1.29. The van der Waals surface area contributed by atoms with Crippen LogP contribution in [-0.4, -0.2) is 40.0 Å². The molecule has 0 aliphatic carbocycles. The Labute approximate surface area is 124 Å². The van der Waals surface area contributed by atoms with E-state index in [0.29, 0.717) is 17.1 Å². The summed E-state index contributed by atoms with van der Waals surface area (Å²) in [6.45, 7) is 3.60. The lowest BCUT2D eigenvalue weighted by Crippen LogP contribution is -2.35.